The number of carbonyl (C=O) groups excluding carboxylic acids is 3. The van der Waals surface area contributed by atoms with Gasteiger partial charge in [-0.1, -0.05) is 11.6 Å². The Balaban J connectivity index is 1.99. The van der Waals surface area contributed by atoms with Gasteiger partial charge in [0.2, 0.25) is 11.8 Å². The zero-order chi connectivity index (χ0) is 19.1. The molecule has 26 heavy (non-hydrogen) atoms. The fraction of sp³-hybridized carbons (Fsp3) is 0.211. The largest absolute Gasteiger partial charge is 0.495 e. The van der Waals surface area contributed by atoms with Gasteiger partial charge in [-0.05, 0) is 42.5 Å². The van der Waals surface area contributed by atoms with Crippen molar-refractivity contribution in [1.82, 2.24) is 0 Å². The van der Waals surface area contributed by atoms with Gasteiger partial charge in [0.05, 0.1) is 12.8 Å². The Bertz CT molecular complexity index is 819. The molecular weight excluding hydrogens is 356 g/mol. The first-order valence-corrected chi connectivity index (χ1v) is 8.31. The number of benzene rings is 2. The third kappa shape index (κ3) is 5.60. The molecule has 2 aromatic carbocycles. The average molecular weight is 375 g/mol. The van der Waals surface area contributed by atoms with Crippen molar-refractivity contribution >= 4 is 40.6 Å². The lowest BCUT2D eigenvalue weighted by atomic mass is 10.1. The van der Waals surface area contributed by atoms with Crippen LogP contribution in [0.4, 0.5) is 11.4 Å². The minimum absolute atomic E-state index is 0.0228. The summed E-state index contributed by atoms with van der Waals surface area (Å²) in [6, 6.07) is 11.4. The maximum absolute atomic E-state index is 12.2. The molecule has 7 heteroatoms. The smallest absolute Gasteiger partial charge is 0.224 e. The molecule has 0 fully saturated rings. The number of amides is 2. The normalized spacial score (nSPS) is 10.1. The molecular formula is C19H19ClN2O4. The molecule has 2 amide bonds. The summed E-state index contributed by atoms with van der Waals surface area (Å²) >= 11 is 5.79. The zero-order valence-corrected chi connectivity index (χ0v) is 15.2. The average Bonchev–Trinajstić information content (AvgIpc) is 2.60. The number of anilines is 2. The first-order chi connectivity index (χ1) is 12.4. The lowest BCUT2D eigenvalue weighted by molar-refractivity contribution is -0.116. The number of methoxy groups -OCH3 is 1. The van der Waals surface area contributed by atoms with Crippen LogP contribution in [0.5, 0.6) is 5.75 Å². The number of carbonyl (C=O) groups is 3. The van der Waals surface area contributed by atoms with Crippen molar-refractivity contribution in [1.29, 1.82) is 0 Å². The molecule has 0 saturated carbocycles. The first kappa shape index (κ1) is 19.5. The van der Waals surface area contributed by atoms with Crippen molar-refractivity contribution in [2.45, 2.75) is 19.8 Å². The van der Waals surface area contributed by atoms with Gasteiger partial charge in [0, 0.05) is 36.0 Å². The Morgan fingerprint density at radius 2 is 1.69 bits per heavy atom. The Labute approximate surface area is 156 Å². The van der Waals surface area contributed by atoms with E-state index in [1.807, 2.05) is 0 Å². The van der Waals surface area contributed by atoms with E-state index in [9.17, 15) is 14.4 Å². The summed E-state index contributed by atoms with van der Waals surface area (Å²) in [6.07, 6.45) is 0.0934. The van der Waals surface area contributed by atoms with Gasteiger partial charge in [0.25, 0.3) is 0 Å². The third-order valence-electron chi connectivity index (χ3n) is 3.54. The highest BCUT2D eigenvalue weighted by atomic mass is 35.5. The van der Waals surface area contributed by atoms with Crippen LogP contribution < -0.4 is 15.4 Å². The van der Waals surface area contributed by atoms with Gasteiger partial charge in [0.15, 0.2) is 5.78 Å². The standard InChI is InChI=1S/C19H19ClN2O4/c1-12(23)21-15-7-9-18(26-2)16(11-15)22-19(25)10-8-17(24)13-3-5-14(20)6-4-13/h3-7,9,11H,8,10H2,1-2H3,(H,21,23)(H,22,25). The molecule has 0 aliphatic rings. The van der Waals surface area contributed by atoms with Crippen molar-refractivity contribution < 1.29 is 19.1 Å². The minimum Gasteiger partial charge on any atom is -0.495 e. The maximum atomic E-state index is 12.2. The molecule has 6 nitrogen and oxygen atoms in total. The van der Waals surface area contributed by atoms with Crippen LogP contribution in [-0.4, -0.2) is 24.7 Å². The van der Waals surface area contributed by atoms with Crippen LogP contribution in [0.1, 0.15) is 30.1 Å². The van der Waals surface area contributed by atoms with Gasteiger partial charge in [-0.15, -0.1) is 0 Å². The van der Waals surface area contributed by atoms with E-state index in [1.54, 1.807) is 42.5 Å². The van der Waals surface area contributed by atoms with E-state index in [-0.39, 0.29) is 30.4 Å². The first-order valence-electron chi connectivity index (χ1n) is 7.93. The van der Waals surface area contributed by atoms with Crippen molar-refractivity contribution in [3.8, 4) is 5.75 Å². The number of Topliss-reactive ketones (excluding diaryl/α,β-unsaturated/α-hetero) is 1. The summed E-state index contributed by atoms with van der Waals surface area (Å²) < 4.78 is 5.21. The molecule has 2 aromatic rings. The molecule has 136 valence electrons. The number of hydrogen-bond donors (Lipinski definition) is 2. The second-order valence-corrected chi connectivity index (χ2v) is 6.01. The quantitative estimate of drug-likeness (QED) is 0.719. The molecule has 0 aliphatic carbocycles. The van der Waals surface area contributed by atoms with Crippen LogP contribution >= 0.6 is 11.6 Å². The fourth-order valence-electron chi connectivity index (χ4n) is 2.31. The van der Waals surface area contributed by atoms with E-state index in [0.29, 0.717) is 27.7 Å². The number of rotatable bonds is 7. The summed E-state index contributed by atoms with van der Waals surface area (Å²) in [4.78, 5) is 35.5. The highest BCUT2D eigenvalue weighted by Crippen LogP contribution is 2.28. The van der Waals surface area contributed by atoms with E-state index >= 15 is 0 Å². The van der Waals surface area contributed by atoms with Gasteiger partial charge in [0.1, 0.15) is 5.75 Å². The molecule has 2 rings (SSSR count). The molecule has 2 N–H and O–H groups in total. The van der Waals surface area contributed by atoms with Gasteiger partial charge >= 0.3 is 0 Å². The predicted octanol–water partition coefficient (Wildman–Crippen LogP) is 3.91. The van der Waals surface area contributed by atoms with Crippen LogP contribution in [0.2, 0.25) is 5.02 Å². The Hall–Kier alpha value is -2.86. The Kier molecular flexibility index (Phi) is 6.74. The summed E-state index contributed by atoms with van der Waals surface area (Å²) in [7, 11) is 1.48. The number of hydrogen-bond acceptors (Lipinski definition) is 4. The van der Waals surface area contributed by atoms with Crippen LogP contribution in [-0.2, 0) is 9.59 Å². The lowest BCUT2D eigenvalue weighted by Crippen LogP contribution is -2.14. The van der Waals surface area contributed by atoms with Gasteiger partial charge < -0.3 is 15.4 Å². The topological polar surface area (TPSA) is 84.5 Å². The lowest BCUT2D eigenvalue weighted by Gasteiger charge is -2.12. The molecule has 0 aromatic heterocycles. The monoisotopic (exact) mass is 374 g/mol. The van der Waals surface area contributed by atoms with Crippen LogP contribution in [0.15, 0.2) is 42.5 Å². The van der Waals surface area contributed by atoms with Gasteiger partial charge in [-0.25, -0.2) is 0 Å². The molecule has 0 atom stereocenters. The summed E-state index contributed by atoms with van der Waals surface area (Å²) in [5.74, 6) is -0.237. The molecule has 0 radical (unpaired) electrons. The maximum Gasteiger partial charge on any atom is 0.224 e. The van der Waals surface area contributed by atoms with Gasteiger partial charge in [-0.3, -0.25) is 14.4 Å². The molecule has 0 spiro atoms. The zero-order valence-electron chi connectivity index (χ0n) is 14.5. The molecule has 0 saturated heterocycles. The van der Waals surface area contributed by atoms with E-state index in [2.05, 4.69) is 10.6 Å². The van der Waals surface area contributed by atoms with Crippen LogP contribution in [0.3, 0.4) is 0 Å². The fourth-order valence-corrected chi connectivity index (χ4v) is 2.43. The van der Waals surface area contributed by atoms with E-state index in [4.69, 9.17) is 16.3 Å². The SMILES string of the molecule is COc1ccc(NC(C)=O)cc1NC(=O)CCC(=O)c1ccc(Cl)cc1. The van der Waals surface area contributed by atoms with Gasteiger partial charge in [-0.2, -0.15) is 0 Å². The third-order valence-corrected chi connectivity index (χ3v) is 3.79. The van der Waals surface area contributed by atoms with Crippen molar-refractivity contribution in [2.24, 2.45) is 0 Å². The summed E-state index contributed by atoms with van der Waals surface area (Å²) in [5, 5.41) is 5.88. The molecule has 0 unspecified atom stereocenters. The van der Waals surface area contributed by atoms with E-state index in [0.717, 1.165) is 0 Å². The highest BCUT2D eigenvalue weighted by molar-refractivity contribution is 6.30. The number of ketones is 1. The Morgan fingerprint density at radius 1 is 1.00 bits per heavy atom. The number of halogens is 1. The molecule has 0 bridgehead atoms. The number of ether oxygens (including phenoxy) is 1. The summed E-state index contributed by atoms with van der Waals surface area (Å²) in [6.45, 7) is 1.39. The van der Waals surface area contributed by atoms with Crippen LogP contribution in [0.25, 0.3) is 0 Å². The van der Waals surface area contributed by atoms with E-state index in [1.165, 1.54) is 14.0 Å². The second-order valence-electron chi connectivity index (χ2n) is 5.57. The van der Waals surface area contributed by atoms with Crippen molar-refractivity contribution in [3.63, 3.8) is 0 Å². The van der Waals surface area contributed by atoms with E-state index < -0.39 is 0 Å². The predicted molar refractivity (Wildman–Crippen MR) is 101 cm³/mol. The second kappa shape index (κ2) is 9.01. The Morgan fingerprint density at radius 3 is 2.31 bits per heavy atom. The van der Waals surface area contributed by atoms with Crippen molar-refractivity contribution in [3.05, 3.63) is 53.1 Å². The van der Waals surface area contributed by atoms with Crippen LogP contribution in [0, 0.1) is 0 Å². The highest BCUT2D eigenvalue weighted by Gasteiger charge is 2.12. The minimum atomic E-state index is -0.328. The van der Waals surface area contributed by atoms with Crippen molar-refractivity contribution in [2.75, 3.05) is 17.7 Å². The summed E-state index contributed by atoms with van der Waals surface area (Å²) in [5.41, 5.74) is 1.46. The molecule has 0 aliphatic heterocycles. The number of nitrogens with one attached hydrogen (secondary N) is 2. The molecule has 0 heterocycles.